The van der Waals surface area contributed by atoms with Crippen molar-refractivity contribution in [3.63, 3.8) is 0 Å². The minimum absolute atomic E-state index is 0.121. The standard InChI is InChI=1S/C14H16N4O/c1-18(8-13-15-9-16-17-13)14(19)12-7-11(12)10-5-3-2-4-6-10/h2-6,9,11-12H,7-8H2,1H3,(H,15,16,17). The van der Waals surface area contributed by atoms with E-state index in [1.807, 2.05) is 25.2 Å². The van der Waals surface area contributed by atoms with Crippen molar-refractivity contribution in [2.45, 2.75) is 18.9 Å². The van der Waals surface area contributed by atoms with Crippen LogP contribution in [0.25, 0.3) is 0 Å². The van der Waals surface area contributed by atoms with Crippen molar-refractivity contribution in [1.29, 1.82) is 0 Å². The molecule has 1 heterocycles. The van der Waals surface area contributed by atoms with E-state index in [0.29, 0.717) is 18.3 Å². The Morgan fingerprint density at radius 1 is 1.42 bits per heavy atom. The average Bonchev–Trinajstić information content (AvgIpc) is 3.09. The summed E-state index contributed by atoms with van der Waals surface area (Å²) in [6, 6.07) is 10.2. The summed E-state index contributed by atoms with van der Waals surface area (Å²) in [5.41, 5.74) is 1.26. The van der Waals surface area contributed by atoms with Crippen molar-refractivity contribution < 1.29 is 4.79 Å². The summed E-state index contributed by atoms with van der Waals surface area (Å²) in [6.45, 7) is 0.483. The van der Waals surface area contributed by atoms with Gasteiger partial charge in [0, 0.05) is 13.0 Å². The van der Waals surface area contributed by atoms with Crippen LogP contribution in [-0.4, -0.2) is 33.0 Å². The van der Waals surface area contributed by atoms with Gasteiger partial charge in [-0.05, 0) is 17.9 Å². The van der Waals surface area contributed by atoms with Gasteiger partial charge in [0.15, 0.2) is 0 Å². The van der Waals surface area contributed by atoms with E-state index in [2.05, 4.69) is 27.3 Å². The van der Waals surface area contributed by atoms with Crippen molar-refractivity contribution in [2.24, 2.45) is 5.92 Å². The van der Waals surface area contributed by atoms with E-state index in [9.17, 15) is 4.79 Å². The molecule has 2 unspecified atom stereocenters. The summed E-state index contributed by atoms with van der Waals surface area (Å²) in [6.07, 6.45) is 2.40. The topological polar surface area (TPSA) is 61.9 Å². The number of hydrogen-bond donors (Lipinski definition) is 1. The van der Waals surface area contributed by atoms with Gasteiger partial charge < -0.3 is 4.90 Å². The molecule has 1 aromatic heterocycles. The quantitative estimate of drug-likeness (QED) is 0.903. The number of rotatable bonds is 4. The molecule has 0 bridgehead atoms. The summed E-state index contributed by atoms with van der Waals surface area (Å²) in [5, 5.41) is 6.55. The fraction of sp³-hybridized carbons (Fsp3) is 0.357. The zero-order valence-corrected chi connectivity index (χ0v) is 10.8. The largest absolute Gasteiger partial charge is 0.338 e. The third-order valence-corrected chi connectivity index (χ3v) is 3.56. The van der Waals surface area contributed by atoms with Crippen LogP contribution in [0.1, 0.15) is 23.7 Å². The van der Waals surface area contributed by atoms with Gasteiger partial charge >= 0.3 is 0 Å². The van der Waals surface area contributed by atoms with Gasteiger partial charge in [-0.3, -0.25) is 9.89 Å². The molecule has 0 radical (unpaired) electrons. The van der Waals surface area contributed by atoms with Gasteiger partial charge in [0.25, 0.3) is 0 Å². The fourth-order valence-corrected chi connectivity index (χ4v) is 2.43. The highest BCUT2D eigenvalue weighted by Gasteiger charge is 2.45. The van der Waals surface area contributed by atoms with E-state index in [-0.39, 0.29) is 11.8 Å². The second kappa shape index (κ2) is 4.84. The molecule has 1 aromatic carbocycles. The predicted octanol–water partition coefficient (Wildman–Crippen LogP) is 1.57. The maximum atomic E-state index is 12.3. The lowest BCUT2D eigenvalue weighted by Gasteiger charge is -2.15. The first kappa shape index (κ1) is 11.9. The van der Waals surface area contributed by atoms with Crippen LogP contribution in [0.15, 0.2) is 36.7 Å². The number of aromatic amines is 1. The van der Waals surface area contributed by atoms with E-state index in [4.69, 9.17) is 0 Å². The number of nitrogens with zero attached hydrogens (tertiary/aromatic N) is 3. The molecule has 1 amide bonds. The molecule has 5 nitrogen and oxygen atoms in total. The van der Waals surface area contributed by atoms with Gasteiger partial charge in [0.2, 0.25) is 5.91 Å². The number of H-pyrrole nitrogens is 1. The molecule has 0 saturated heterocycles. The van der Waals surface area contributed by atoms with Gasteiger partial charge in [0.1, 0.15) is 12.2 Å². The van der Waals surface area contributed by atoms with E-state index >= 15 is 0 Å². The molecule has 1 aliphatic rings. The second-order valence-corrected chi connectivity index (χ2v) is 4.99. The molecule has 98 valence electrons. The van der Waals surface area contributed by atoms with Gasteiger partial charge in [-0.2, -0.15) is 5.10 Å². The van der Waals surface area contributed by atoms with Gasteiger partial charge in [-0.1, -0.05) is 30.3 Å². The molecular weight excluding hydrogens is 240 g/mol. The lowest BCUT2D eigenvalue weighted by molar-refractivity contribution is -0.132. The first-order valence-electron chi connectivity index (χ1n) is 6.40. The predicted molar refractivity (Wildman–Crippen MR) is 70.1 cm³/mol. The summed E-state index contributed by atoms with van der Waals surface area (Å²) in [5.74, 6) is 1.40. The smallest absolute Gasteiger partial charge is 0.226 e. The number of hydrogen-bond acceptors (Lipinski definition) is 3. The monoisotopic (exact) mass is 256 g/mol. The average molecular weight is 256 g/mol. The van der Waals surface area contributed by atoms with Crippen LogP contribution >= 0.6 is 0 Å². The maximum Gasteiger partial charge on any atom is 0.226 e. The molecule has 3 rings (SSSR count). The Morgan fingerprint density at radius 2 is 2.21 bits per heavy atom. The molecule has 5 heteroatoms. The number of nitrogens with one attached hydrogen (secondary N) is 1. The van der Waals surface area contributed by atoms with Crippen LogP contribution in [0.4, 0.5) is 0 Å². The minimum atomic E-state index is 0.121. The van der Waals surface area contributed by atoms with Gasteiger partial charge in [0.05, 0.1) is 6.54 Å². The van der Waals surface area contributed by atoms with Gasteiger partial charge in [-0.25, -0.2) is 4.98 Å². The molecule has 0 spiro atoms. The molecule has 2 aromatic rings. The Balaban J connectivity index is 1.60. The van der Waals surface area contributed by atoms with E-state index in [1.165, 1.54) is 11.9 Å². The molecule has 1 fully saturated rings. The fourth-order valence-electron chi connectivity index (χ4n) is 2.43. The lowest BCUT2D eigenvalue weighted by Crippen LogP contribution is -2.28. The summed E-state index contributed by atoms with van der Waals surface area (Å²) >= 11 is 0. The zero-order chi connectivity index (χ0) is 13.2. The van der Waals surface area contributed by atoms with Crippen molar-refractivity contribution in [1.82, 2.24) is 20.1 Å². The van der Waals surface area contributed by atoms with Gasteiger partial charge in [-0.15, -0.1) is 0 Å². The highest BCUT2D eigenvalue weighted by atomic mass is 16.2. The first-order chi connectivity index (χ1) is 9.25. The molecule has 1 saturated carbocycles. The van der Waals surface area contributed by atoms with Crippen molar-refractivity contribution in [3.05, 3.63) is 48.0 Å². The first-order valence-corrected chi connectivity index (χ1v) is 6.40. The lowest BCUT2D eigenvalue weighted by atomic mass is 10.1. The molecule has 0 aliphatic heterocycles. The Bertz CT molecular complexity index is 552. The zero-order valence-electron chi connectivity index (χ0n) is 10.8. The van der Waals surface area contributed by atoms with E-state index < -0.39 is 0 Å². The third-order valence-electron chi connectivity index (χ3n) is 3.56. The van der Waals surface area contributed by atoms with E-state index in [1.54, 1.807) is 4.90 Å². The number of amides is 1. The molecule has 2 atom stereocenters. The Morgan fingerprint density at radius 3 is 2.89 bits per heavy atom. The maximum absolute atomic E-state index is 12.3. The van der Waals surface area contributed by atoms with Crippen molar-refractivity contribution >= 4 is 5.91 Å². The van der Waals surface area contributed by atoms with Crippen LogP contribution in [-0.2, 0) is 11.3 Å². The van der Waals surface area contributed by atoms with Crippen LogP contribution in [0.3, 0.4) is 0 Å². The Labute approximate surface area is 111 Å². The normalized spacial score (nSPS) is 21.1. The Kier molecular flexibility index (Phi) is 3.03. The SMILES string of the molecule is CN(Cc1ncn[nH]1)C(=O)C1CC1c1ccccc1. The third kappa shape index (κ3) is 2.50. The van der Waals surface area contributed by atoms with Crippen LogP contribution in [0.5, 0.6) is 0 Å². The van der Waals surface area contributed by atoms with Crippen LogP contribution in [0, 0.1) is 5.92 Å². The summed E-state index contributed by atoms with van der Waals surface area (Å²) < 4.78 is 0. The number of carbonyl (C=O) groups is 1. The molecule has 1 N–H and O–H groups in total. The van der Waals surface area contributed by atoms with Crippen LogP contribution < -0.4 is 0 Å². The number of benzene rings is 1. The van der Waals surface area contributed by atoms with Crippen molar-refractivity contribution in [3.8, 4) is 0 Å². The summed E-state index contributed by atoms with van der Waals surface area (Å²) in [7, 11) is 1.81. The van der Waals surface area contributed by atoms with Crippen LogP contribution in [0.2, 0.25) is 0 Å². The number of aromatic nitrogens is 3. The highest BCUT2D eigenvalue weighted by Crippen LogP contribution is 2.48. The van der Waals surface area contributed by atoms with Crippen molar-refractivity contribution in [2.75, 3.05) is 7.05 Å². The number of carbonyl (C=O) groups excluding carboxylic acids is 1. The minimum Gasteiger partial charge on any atom is -0.338 e. The molecule has 1 aliphatic carbocycles. The molecular formula is C14H16N4O. The molecule has 19 heavy (non-hydrogen) atoms. The summed E-state index contributed by atoms with van der Waals surface area (Å²) in [4.78, 5) is 18.0. The second-order valence-electron chi connectivity index (χ2n) is 4.99. The van der Waals surface area contributed by atoms with E-state index in [0.717, 1.165) is 6.42 Å². The highest BCUT2D eigenvalue weighted by molar-refractivity contribution is 5.82. The Hall–Kier alpha value is -2.17.